The van der Waals surface area contributed by atoms with E-state index >= 15 is 0 Å². The van der Waals surface area contributed by atoms with Gasteiger partial charge in [0.1, 0.15) is 0 Å². The lowest BCUT2D eigenvalue weighted by molar-refractivity contribution is -0.137. The summed E-state index contributed by atoms with van der Waals surface area (Å²) in [4.78, 5) is 18.6. The highest BCUT2D eigenvalue weighted by molar-refractivity contribution is 7.99. The maximum atomic E-state index is 10.6. The molecule has 0 aliphatic carbocycles. The number of carbonyl (C=O) groups is 1. The molecule has 0 aliphatic rings. The Morgan fingerprint density at radius 1 is 1.04 bits per heavy atom. The molecule has 6 heteroatoms. The number of aliphatic hydroxyl groups is 1. The third-order valence-electron chi connectivity index (χ3n) is 3.90. The van der Waals surface area contributed by atoms with E-state index in [0.717, 1.165) is 22.5 Å². The van der Waals surface area contributed by atoms with Gasteiger partial charge in [0.25, 0.3) is 0 Å². The Morgan fingerprint density at radius 2 is 1.65 bits per heavy atom. The topological polar surface area (TPSA) is 86.2 Å². The van der Waals surface area contributed by atoms with Gasteiger partial charge >= 0.3 is 5.97 Å². The largest absolute Gasteiger partial charge is 0.481 e. The van der Waals surface area contributed by atoms with E-state index < -0.39 is 12.1 Å². The molecule has 1 aromatic heterocycles. The molecule has 3 rings (SSSR count). The third kappa shape index (κ3) is 4.74. The highest BCUT2D eigenvalue weighted by Gasteiger charge is 2.15. The van der Waals surface area contributed by atoms with Crippen LogP contribution >= 0.6 is 11.8 Å². The summed E-state index contributed by atoms with van der Waals surface area (Å²) in [6, 6.07) is 19.9. The van der Waals surface area contributed by atoms with Gasteiger partial charge < -0.3 is 15.2 Å². The van der Waals surface area contributed by atoms with Crippen molar-refractivity contribution in [1.29, 1.82) is 0 Å². The second-order valence-corrected chi connectivity index (χ2v) is 6.90. The van der Waals surface area contributed by atoms with Gasteiger partial charge in [0.05, 0.1) is 17.5 Å². The molecule has 5 nitrogen and oxygen atoms in total. The smallest absolute Gasteiger partial charge is 0.303 e. The van der Waals surface area contributed by atoms with Crippen molar-refractivity contribution < 1.29 is 15.0 Å². The van der Waals surface area contributed by atoms with E-state index in [4.69, 9.17) is 10.1 Å². The molecule has 0 radical (unpaired) electrons. The number of carboxylic acids is 1. The van der Waals surface area contributed by atoms with Crippen molar-refractivity contribution >= 4 is 17.7 Å². The van der Waals surface area contributed by atoms with Gasteiger partial charge in [0.15, 0.2) is 5.16 Å². The van der Waals surface area contributed by atoms with Crippen LogP contribution in [-0.2, 0) is 4.79 Å². The molecule has 2 aromatic carbocycles. The van der Waals surface area contributed by atoms with Crippen LogP contribution in [0.2, 0.25) is 0 Å². The Bertz CT molecular complexity index is 793. The van der Waals surface area contributed by atoms with E-state index in [1.807, 2.05) is 60.7 Å². The zero-order valence-corrected chi connectivity index (χ0v) is 14.9. The normalized spacial score (nSPS) is 12.0. The molecule has 0 aliphatic heterocycles. The molecular weight excluding hydrogens is 348 g/mol. The van der Waals surface area contributed by atoms with Crippen molar-refractivity contribution in [2.45, 2.75) is 24.1 Å². The SMILES string of the molecule is O=C(O)CCC(O)CSc1nc(-c2ccccc2)c(-c2ccccc2)[nH]1. The standard InChI is InChI=1S/C20H20N2O3S/c23-16(11-12-17(24)25)13-26-20-21-18(14-7-3-1-4-8-14)19(22-20)15-9-5-2-6-10-15/h1-10,16,23H,11-13H2,(H,21,22)(H,24,25). The van der Waals surface area contributed by atoms with Gasteiger partial charge in [-0.05, 0) is 6.42 Å². The van der Waals surface area contributed by atoms with Gasteiger partial charge in [0.2, 0.25) is 0 Å². The molecule has 1 unspecified atom stereocenters. The number of thioether (sulfide) groups is 1. The first-order valence-corrected chi connectivity index (χ1v) is 9.35. The number of nitrogens with one attached hydrogen (secondary N) is 1. The van der Waals surface area contributed by atoms with Gasteiger partial charge in [-0.25, -0.2) is 4.98 Å². The fourth-order valence-corrected chi connectivity index (χ4v) is 3.43. The van der Waals surface area contributed by atoms with Crippen LogP contribution in [0.3, 0.4) is 0 Å². The number of aliphatic hydroxyl groups excluding tert-OH is 1. The van der Waals surface area contributed by atoms with E-state index in [2.05, 4.69) is 4.98 Å². The van der Waals surface area contributed by atoms with Crippen LogP contribution in [0.25, 0.3) is 22.5 Å². The van der Waals surface area contributed by atoms with Crippen molar-refractivity contribution in [3.8, 4) is 22.5 Å². The minimum Gasteiger partial charge on any atom is -0.481 e. The highest BCUT2D eigenvalue weighted by atomic mass is 32.2. The molecule has 1 atom stereocenters. The number of hydrogen-bond donors (Lipinski definition) is 3. The second kappa shape index (κ2) is 8.69. The van der Waals surface area contributed by atoms with Crippen LogP contribution in [0.15, 0.2) is 65.8 Å². The van der Waals surface area contributed by atoms with Gasteiger partial charge in [-0.2, -0.15) is 0 Å². The van der Waals surface area contributed by atoms with E-state index in [1.165, 1.54) is 11.8 Å². The Hall–Kier alpha value is -2.57. The van der Waals surface area contributed by atoms with Gasteiger partial charge in [0, 0.05) is 23.3 Å². The predicted octanol–water partition coefficient (Wildman–Crippen LogP) is 4.06. The quantitative estimate of drug-likeness (QED) is 0.522. The molecule has 1 heterocycles. The van der Waals surface area contributed by atoms with E-state index in [0.29, 0.717) is 10.9 Å². The fourth-order valence-electron chi connectivity index (χ4n) is 2.59. The molecule has 3 aromatic rings. The lowest BCUT2D eigenvalue weighted by Gasteiger charge is -2.06. The molecule has 0 spiro atoms. The summed E-state index contributed by atoms with van der Waals surface area (Å²) >= 11 is 1.39. The first-order valence-electron chi connectivity index (χ1n) is 8.37. The minimum atomic E-state index is -0.898. The van der Waals surface area contributed by atoms with E-state index in [-0.39, 0.29) is 12.8 Å². The zero-order chi connectivity index (χ0) is 18.4. The number of benzene rings is 2. The van der Waals surface area contributed by atoms with Crippen LogP contribution in [0.5, 0.6) is 0 Å². The maximum absolute atomic E-state index is 10.6. The zero-order valence-electron chi connectivity index (χ0n) is 14.1. The average molecular weight is 368 g/mol. The number of hydrogen-bond acceptors (Lipinski definition) is 4. The number of rotatable bonds is 8. The number of nitrogens with zero attached hydrogens (tertiary/aromatic N) is 1. The third-order valence-corrected chi connectivity index (χ3v) is 4.91. The first-order chi connectivity index (χ1) is 12.6. The molecular formula is C20H20N2O3S. The lowest BCUT2D eigenvalue weighted by atomic mass is 10.1. The van der Waals surface area contributed by atoms with Crippen molar-refractivity contribution in [1.82, 2.24) is 9.97 Å². The Kier molecular flexibility index (Phi) is 6.09. The summed E-state index contributed by atoms with van der Waals surface area (Å²) in [5, 5.41) is 19.4. The minimum absolute atomic E-state index is 0.0373. The summed E-state index contributed by atoms with van der Waals surface area (Å²) in [5.41, 5.74) is 3.84. The van der Waals surface area contributed by atoms with Gasteiger partial charge in [-0.3, -0.25) is 4.79 Å². The number of aromatic nitrogens is 2. The van der Waals surface area contributed by atoms with Crippen LogP contribution in [-0.4, -0.2) is 38.0 Å². The fraction of sp³-hybridized carbons (Fsp3) is 0.200. The van der Waals surface area contributed by atoms with Crippen LogP contribution in [0, 0.1) is 0 Å². The average Bonchev–Trinajstić information content (AvgIpc) is 3.10. The van der Waals surface area contributed by atoms with Crippen molar-refractivity contribution in [2.24, 2.45) is 0 Å². The Balaban J connectivity index is 1.82. The van der Waals surface area contributed by atoms with Crippen molar-refractivity contribution in [3.05, 3.63) is 60.7 Å². The first kappa shape index (κ1) is 18.2. The monoisotopic (exact) mass is 368 g/mol. The number of aromatic amines is 1. The molecule has 0 bridgehead atoms. The van der Waals surface area contributed by atoms with Gasteiger partial charge in [-0.15, -0.1) is 0 Å². The highest BCUT2D eigenvalue weighted by Crippen LogP contribution is 2.32. The summed E-state index contributed by atoms with van der Waals surface area (Å²) in [6.45, 7) is 0. The molecule has 0 fully saturated rings. The van der Waals surface area contributed by atoms with E-state index in [9.17, 15) is 9.90 Å². The molecule has 26 heavy (non-hydrogen) atoms. The lowest BCUT2D eigenvalue weighted by Crippen LogP contribution is -2.12. The summed E-state index contributed by atoms with van der Waals surface area (Å²) in [5.74, 6) is -0.506. The maximum Gasteiger partial charge on any atom is 0.303 e. The number of H-pyrrole nitrogens is 1. The molecule has 3 N–H and O–H groups in total. The van der Waals surface area contributed by atoms with Crippen molar-refractivity contribution in [3.63, 3.8) is 0 Å². The summed E-state index contributed by atoms with van der Waals surface area (Å²) in [6.07, 6.45) is -0.480. The van der Waals surface area contributed by atoms with Crippen LogP contribution in [0.1, 0.15) is 12.8 Å². The molecule has 0 saturated carbocycles. The van der Waals surface area contributed by atoms with E-state index in [1.54, 1.807) is 0 Å². The van der Waals surface area contributed by atoms with Crippen molar-refractivity contribution in [2.75, 3.05) is 5.75 Å². The Labute approximate surface area is 156 Å². The number of carboxylic acid groups (broad SMARTS) is 1. The predicted molar refractivity (Wildman–Crippen MR) is 103 cm³/mol. The van der Waals surface area contributed by atoms with Crippen LogP contribution < -0.4 is 0 Å². The second-order valence-electron chi connectivity index (χ2n) is 5.89. The van der Waals surface area contributed by atoms with Gasteiger partial charge in [-0.1, -0.05) is 72.4 Å². The number of imidazole rings is 1. The molecule has 134 valence electrons. The molecule has 0 saturated heterocycles. The number of aliphatic carboxylic acids is 1. The summed E-state index contributed by atoms with van der Waals surface area (Å²) in [7, 11) is 0. The Morgan fingerprint density at radius 3 is 2.27 bits per heavy atom. The van der Waals surface area contributed by atoms with Crippen LogP contribution in [0.4, 0.5) is 0 Å². The summed E-state index contributed by atoms with van der Waals surface area (Å²) < 4.78 is 0. The molecule has 0 amide bonds.